The van der Waals surface area contributed by atoms with Crippen LogP contribution in [-0.4, -0.2) is 15.9 Å². The minimum absolute atomic E-state index is 0.298. The number of hydrogen-bond acceptors (Lipinski definition) is 2. The average Bonchev–Trinajstić information content (AvgIpc) is 2.08. The third kappa shape index (κ3) is 8.70. The molecule has 14 heavy (non-hydrogen) atoms. The van der Waals surface area contributed by atoms with E-state index in [1.165, 1.54) is 6.42 Å². The van der Waals surface area contributed by atoms with Gasteiger partial charge in [-0.2, -0.15) is 0 Å². The van der Waals surface area contributed by atoms with E-state index >= 15 is 0 Å². The van der Waals surface area contributed by atoms with Gasteiger partial charge in [0.15, 0.2) is 0 Å². The molecule has 0 amide bonds. The Morgan fingerprint density at radius 1 is 1.21 bits per heavy atom. The topological polar surface area (TPSA) is 66.8 Å². The van der Waals surface area contributed by atoms with E-state index in [4.69, 9.17) is 9.79 Å². The molecular weight excluding hydrogens is 203 g/mol. The van der Waals surface area contributed by atoms with Crippen LogP contribution in [0.4, 0.5) is 0 Å². The number of rotatable bonds is 8. The molecule has 0 spiro atoms. The second-order valence-electron chi connectivity index (χ2n) is 3.48. The van der Waals surface area contributed by atoms with Crippen molar-refractivity contribution in [1.82, 2.24) is 0 Å². The zero-order valence-corrected chi connectivity index (χ0v) is 9.87. The molecule has 0 aromatic rings. The highest BCUT2D eigenvalue weighted by molar-refractivity contribution is 7.46. The standard InChI is InChI=1S/C9H21O4P/c1-3-5-6-7-8-9(4-2)13-14(10,11)12/h9H,3-8H2,1-2H3,(H2,10,11,12). The maximum absolute atomic E-state index is 10.6. The maximum atomic E-state index is 10.6. The second-order valence-corrected chi connectivity index (χ2v) is 4.67. The molecule has 0 rings (SSSR count). The maximum Gasteiger partial charge on any atom is 0.469 e. The zero-order valence-electron chi connectivity index (χ0n) is 8.98. The Balaban J connectivity index is 3.64. The highest BCUT2D eigenvalue weighted by Gasteiger charge is 2.20. The number of phosphoric ester groups is 1. The van der Waals surface area contributed by atoms with Gasteiger partial charge in [-0.25, -0.2) is 4.57 Å². The van der Waals surface area contributed by atoms with E-state index in [0.29, 0.717) is 6.42 Å². The normalized spacial score (nSPS) is 14.3. The summed E-state index contributed by atoms with van der Waals surface area (Å²) in [7, 11) is -4.29. The zero-order chi connectivity index (χ0) is 11.0. The predicted molar refractivity (Wildman–Crippen MR) is 56.0 cm³/mol. The first-order valence-electron chi connectivity index (χ1n) is 5.23. The quantitative estimate of drug-likeness (QED) is 0.491. The molecule has 0 radical (unpaired) electrons. The fourth-order valence-corrected chi connectivity index (χ4v) is 1.97. The summed E-state index contributed by atoms with van der Waals surface area (Å²) in [5.41, 5.74) is 0. The number of phosphoric acid groups is 1. The molecule has 0 saturated heterocycles. The van der Waals surface area contributed by atoms with Gasteiger partial charge in [0.1, 0.15) is 0 Å². The lowest BCUT2D eigenvalue weighted by Gasteiger charge is -2.15. The summed E-state index contributed by atoms with van der Waals surface area (Å²) in [4.78, 5) is 17.2. The van der Waals surface area contributed by atoms with Crippen LogP contribution in [0.2, 0.25) is 0 Å². The lowest BCUT2D eigenvalue weighted by atomic mass is 10.1. The highest BCUT2D eigenvalue weighted by atomic mass is 31.2. The van der Waals surface area contributed by atoms with Crippen molar-refractivity contribution in [2.45, 2.75) is 58.5 Å². The van der Waals surface area contributed by atoms with Gasteiger partial charge in [-0.05, 0) is 12.8 Å². The first kappa shape index (κ1) is 14.1. The summed E-state index contributed by atoms with van der Waals surface area (Å²) in [5, 5.41) is 0. The van der Waals surface area contributed by atoms with Crippen LogP contribution in [0.25, 0.3) is 0 Å². The third-order valence-corrected chi connectivity index (χ3v) is 2.69. The smallest absolute Gasteiger partial charge is 0.303 e. The van der Waals surface area contributed by atoms with Crippen molar-refractivity contribution in [3.63, 3.8) is 0 Å². The van der Waals surface area contributed by atoms with E-state index in [9.17, 15) is 4.57 Å². The first-order valence-corrected chi connectivity index (χ1v) is 6.76. The van der Waals surface area contributed by atoms with Crippen molar-refractivity contribution < 1.29 is 18.9 Å². The summed E-state index contributed by atoms with van der Waals surface area (Å²) in [6.45, 7) is 4.00. The molecule has 5 heteroatoms. The molecule has 0 aliphatic rings. The fraction of sp³-hybridized carbons (Fsp3) is 1.00. The number of unbranched alkanes of at least 4 members (excludes halogenated alkanes) is 3. The van der Waals surface area contributed by atoms with Crippen LogP contribution in [0.1, 0.15) is 52.4 Å². The van der Waals surface area contributed by atoms with Crippen LogP contribution >= 0.6 is 7.82 Å². The molecule has 0 aromatic carbocycles. The summed E-state index contributed by atoms with van der Waals surface area (Å²) >= 11 is 0. The van der Waals surface area contributed by atoms with E-state index in [1.54, 1.807) is 0 Å². The fourth-order valence-electron chi connectivity index (χ4n) is 1.32. The first-order chi connectivity index (χ1) is 6.49. The molecule has 1 unspecified atom stereocenters. The molecule has 4 nitrogen and oxygen atoms in total. The Hall–Kier alpha value is 0.110. The Morgan fingerprint density at radius 2 is 1.86 bits per heavy atom. The van der Waals surface area contributed by atoms with Gasteiger partial charge in [0, 0.05) is 0 Å². The van der Waals surface area contributed by atoms with Gasteiger partial charge in [-0.15, -0.1) is 0 Å². The van der Waals surface area contributed by atoms with Gasteiger partial charge in [-0.3, -0.25) is 4.52 Å². The number of hydrogen-bond donors (Lipinski definition) is 2. The molecular formula is C9H21O4P. The summed E-state index contributed by atoms with van der Waals surface area (Å²) in [6, 6.07) is 0. The van der Waals surface area contributed by atoms with Gasteiger partial charge in [0.05, 0.1) is 6.10 Å². The van der Waals surface area contributed by atoms with Crippen molar-refractivity contribution in [2.75, 3.05) is 0 Å². The van der Waals surface area contributed by atoms with Crippen LogP contribution < -0.4 is 0 Å². The Bertz CT molecular complexity index is 178. The molecule has 0 aliphatic carbocycles. The van der Waals surface area contributed by atoms with Gasteiger partial charge in [0.25, 0.3) is 0 Å². The molecule has 0 bridgehead atoms. The van der Waals surface area contributed by atoms with Gasteiger partial charge < -0.3 is 9.79 Å². The molecule has 0 aromatic heterocycles. The molecule has 0 saturated carbocycles. The summed E-state index contributed by atoms with van der Waals surface area (Å²) in [5.74, 6) is 0. The molecule has 0 heterocycles. The Morgan fingerprint density at radius 3 is 2.29 bits per heavy atom. The molecule has 1 atom stereocenters. The van der Waals surface area contributed by atoms with Crippen LogP contribution in [0.15, 0.2) is 0 Å². The van der Waals surface area contributed by atoms with Crippen molar-refractivity contribution in [3.05, 3.63) is 0 Å². The monoisotopic (exact) mass is 224 g/mol. The van der Waals surface area contributed by atoms with Gasteiger partial charge in [-0.1, -0.05) is 39.5 Å². The summed E-state index contributed by atoms with van der Waals surface area (Å²) < 4.78 is 15.2. The molecule has 0 fully saturated rings. The Labute approximate surface area is 85.9 Å². The summed E-state index contributed by atoms with van der Waals surface area (Å²) in [6.07, 6.45) is 5.51. The largest absolute Gasteiger partial charge is 0.469 e. The van der Waals surface area contributed by atoms with Crippen LogP contribution in [0.3, 0.4) is 0 Å². The van der Waals surface area contributed by atoms with Crippen molar-refractivity contribution in [3.8, 4) is 0 Å². The van der Waals surface area contributed by atoms with Crippen molar-refractivity contribution >= 4 is 7.82 Å². The molecule has 2 N–H and O–H groups in total. The minimum Gasteiger partial charge on any atom is -0.303 e. The van der Waals surface area contributed by atoms with Gasteiger partial charge >= 0.3 is 7.82 Å². The lowest BCUT2D eigenvalue weighted by molar-refractivity contribution is 0.121. The Kier molecular flexibility index (Phi) is 7.47. The SMILES string of the molecule is CCCCCCC(CC)OP(=O)(O)O. The minimum atomic E-state index is -4.29. The third-order valence-electron chi connectivity index (χ3n) is 2.12. The predicted octanol–water partition coefficient (Wildman–Crippen LogP) is 2.84. The van der Waals surface area contributed by atoms with E-state index in [1.807, 2.05) is 6.92 Å². The highest BCUT2D eigenvalue weighted by Crippen LogP contribution is 2.39. The van der Waals surface area contributed by atoms with Crippen molar-refractivity contribution in [1.29, 1.82) is 0 Å². The van der Waals surface area contributed by atoms with E-state index in [-0.39, 0.29) is 6.10 Å². The van der Waals surface area contributed by atoms with E-state index in [0.717, 1.165) is 25.7 Å². The second kappa shape index (κ2) is 7.41. The van der Waals surface area contributed by atoms with Crippen LogP contribution in [-0.2, 0) is 9.09 Å². The molecule has 0 aliphatic heterocycles. The van der Waals surface area contributed by atoms with Gasteiger partial charge in [0.2, 0.25) is 0 Å². The van der Waals surface area contributed by atoms with Crippen LogP contribution in [0, 0.1) is 0 Å². The van der Waals surface area contributed by atoms with Crippen molar-refractivity contribution in [2.24, 2.45) is 0 Å². The average molecular weight is 224 g/mol. The van der Waals surface area contributed by atoms with E-state index < -0.39 is 7.82 Å². The lowest BCUT2D eigenvalue weighted by Crippen LogP contribution is -2.09. The van der Waals surface area contributed by atoms with E-state index in [2.05, 4.69) is 11.4 Å². The van der Waals surface area contributed by atoms with Crippen LogP contribution in [0.5, 0.6) is 0 Å². The molecule has 86 valence electrons.